The highest BCUT2D eigenvalue weighted by molar-refractivity contribution is 9.11. The van der Waals surface area contributed by atoms with Gasteiger partial charge in [0.15, 0.2) is 0 Å². The van der Waals surface area contributed by atoms with Gasteiger partial charge >= 0.3 is 0 Å². The number of hydrogen-bond donors (Lipinski definition) is 0. The Morgan fingerprint density at radius 1 is 0.405 bits per heavy atom. The summed E-state index contributed by atoms with van der Waals surface area (Å²) in [4.78, 5) is 0. The van der Waals surface area contributed by atoms with Gasteiger partial charge in [-0.1, -0.05) is 166 Å². The Hall–Kier alpha value is -0.940. The molecule has 0 aliphatic heterocycles. The van der Waals surface area contributed by atoms with E-state index in [2.05, 4.69) is 138 Å². The summed E-state index contributed by atoms with van der Waals surface area (Å²) < 4.78 is 4.48. The molecule has 0 spiro atoms. The van der Waals surface area contributed by atoms with Crippen molar-refractivity contribution in [3.63, 3.8) is 0 Å². The second kappa shape index (κ2) is 17.5. The van der Waals surface area contributed by atoms with Crippen molar-refractivity contribution in [2.24, 2.45) is 0 Å². The number of hydrogen-bond acceptors (Lipinski definition) is 0. The smallest absolute Gasteiger partial charge is 0.0261 e. The lowest BCUT2D eigenvalue weighted by Crippen LogP contribution is -1.99. The van der Waals surface area contributed by atoms with E-state index >= 15 is 0 Å². The van der Waals surface area contributed by atoms with Crippen LogP contribution in [0, 0.1) is 0 Å². The Kier molecular flexibility index (Phi) is 14.2. The molecule has 0 atom stereocenters. The van der Waals surface area contributed by atoms with Crippen LogP contribution in [0.25, 0.3) is 33.0 Å². The lowest BCUT2D eigenvalue weighted by molar-refractivity contribution is 0.599. The van der Waals surface area contributed by atoms with Crippen LogP contribution in [0.5, 0.6) is 0 Å². The molecule has 0 unspecified atom stereocenters. The Balaban J connectivity index is 1.62. The number of unbranched alkanes of at least 4 members (excludes halogenated alkanes) is 10. The monoisotopic (exact) mass is 816 g/mol. The van der Waals surface area contributed by atoms with E-state index in [9.17, 15) is 0 Å². The predicted molar refractivity (Wildman–Crippen MR) is 200 cm³/mol. The second-order valence-electron chi connectivity index (χ2n) is 11.6. The van der Waals surface area contributed by atoms with Crippen molar-refractivity contribution in [3.8, 4) is 22.3 Å². The first-order chi connectivity index (χ1) is 20.4. The Labute approximate surface area is 288 Å². The molecule has 0 aliphatic carbocycles. The molecule has 0 saturated carbocycles. The molecule has 0 bridgehead atoms. The van der Waals surface area contributed by atoms with E-state index in [1.165, 1.54) is 139 Å². The Morgan fingerprint density at radius 3 is 1.33 bits per heavy atom. The molecule has 0 aromatic heterocycles. The number of rotatable bonds is 16. The number of halogens is 4. The van der Waals surface area contributed by atoms with Gasteiger partial charge in [-0.3, -0.25) is 0 Å². The van der Waals surface area contributed by atoms with Crippen molar-refractivity contribution in [2.75, 3.05) is 0 Å². The first-order valence-electron chi connectivity index (χ1n) is 15.9. The number of fused-ring (bicyclic) bond motifs is 1. The van der Waals surface area contributed by atoms with E-state index in [4.69, 9.17) is 0 Å². The van der Waals surface area contributed by atoms with E-state index in [1.54, 1.807) is 0 Å². The third kappa shape index (κ3) is 9.29. The van der Waals surface area contributed by atoms with Gasteiger partial charge in [0.05, 0.1) is 0 Å². The zero-order chi connectivity index (χ0) is 29.9. The molecular formula is C38H44Br4. The maximum atomic E-state index is 3.99. The second-order valence-corrected chi connectivity index (χ2v) is 15.0. The third-order valence-corrected chi connectivity index (χ3v) is 11.0. The van der Waals surface area contributed by atoms with Gasteiger partial charge in [-0.15, -0.1) is 0 Å². The fraction of sp³-hybridized carbons (Fsp3) is 0.421. The molecule has 4 rings (SSSR count). The highest BCUT2D eigenvalue weighted by Gasteiger charge is 2.17. The SMILES string of the molecule is CCCCCCCCc1cc(Br)c(-c2cc(Br)c(-c3cc4ccccc4cc3Br)cc2Br)cc1CCCCCCCC. The van der Waals surface area contributed by atoms with Crippen LogP contribution in [0.3, 0.4) is 0 Å². The highest BCUT2D eigenvalue weighted by atomic mass is 79.9. The van der Waals surface area contributed by atoms with Crippen LogP contribution in [0.15, 0.2) is 78.6 Å². The maximum absolute atomic E-state index is 3.99. The minimum absolute atomic E-state index is 1.09. The van der Waals surface area contributed by atoms with Gasteiger partial charge < -0.3 is 0 Å². The van der Waals surface area contributed by atoms with Crippen LogP contribution in [0.2, 0.25) is 0 Å². The quantitative estimate of drug-likeness (QED) is 0.0988. The molecule has 224 valence electrons. The number of aryl methyl sites for hydroxylation is 2. The van der Waals surface area contributed by atoms with Crippen LogP contribution in [-0.4, -0.2) is 0 Å². The minimum atomic E-state index is 1.09. The molecule has 4 heteroatoms. The first kappa shape index (κ1) is 33.9. The molecular weight excluding hydrogens is 776 g/mol. The summed E-state index contributed by atoms with van der Waals surface area (Å²) in [5.41, 5.74) is 7.89. The zero-order valence-electron chi connectivity index (χ0n) is 25.2. The van der Waals surface area contributed by atoms with Gasteiger partial charge in [0, 0.05) is 17.9 Å². The van der Waals surface area contributed by atoms with Crippen molar-refractivity contribution in [1.82, 2.24) is 0 Å². The Morgan fingerprint density at radius 2 is 0.786 bits per heavy atom. The van der Waals surface area contributed by atoms with E-state index in [-0.39, 0.29) is 0 Å². The molecule has 0 amide bonds. The van der Waals surface area contributed by atoms with E-state index in [0.29, 0.717) is 0 Å². The predicted octanol–water partition coefficient (Wildman–Crippen LogP) is 15.0. The van der Waals surface area contributed by atoms with E-state index < -0.39 is 0 Å². The maximum Gasteiger partial charge on any atom is 0.0261 e. The highest BCUT2D eigenvalue weighted by Crippen LogP contribution is 2.44. The average molecular weight is 820 g/mol. The van der Waals surface area contributed by atoms with Crippen LogP contribution < -0.4 is 0 Å². The van der Waals surface area contributed by atoms with Gasteiger partial charge in [0.1, 0.15) is 0 Å². The molecule has 4 aromatic carbocycles. The lowest BCUT2D eigenvalue weighted by atomic mass is 9.92. The summed E-state index contributed by atoms with van der Waals surface area (Å²) >= 11 is 15.7. The minimum Gasteiger partial charge on any atom is -0.0654 e. The molecule has 0 fully saturated rings. The van der Waals surface area contributed by atoms with E-state index in [1.807, 2.05) is 0 Å². The van der Waals surface area contributed by atoms with Crippen molar-refractivity contribution >= 4 is 74.5 Å². The van der Waals surface area contributed by atoms with E-state index in [0.717, 1.165) is 13.4 Å². The molecule has 0 aliphatic rings. The van der Waals surface area contributed by atoms with Gasteiger partial charge in [-0.05, 0) is 106 Å². The molecule has 42 heavy (non-hydrogen) atoms. The molecule has 4 aromatic rings. The number of benzene rings is 4. The standard InChI is InChI=1S/C38H44Br4/c1-3-5-7-9-11-13-17-27-21-31(35(39)23-29(27)18-14-12-10-8-6-4-2)33-25-38(42)34(26-37(33)41)32-22-28-19-15-16-20-30(28)24-36(32)40/h15-16,19-26H,3-14,17-18H2,1-2H3. The topological polar surface area (TPSA) is 0 Å². The van der Waals surface area contributed by atoms with Crippen LogP contribution in [0.4, 0.5) is 0 Å². The van der Waals surface area contributed by atoms with Gasteiger partial charge in [-0.25, -0.2) is 0 Å². The van der Waals surface area contributed by atoms with Crippen molar-refractivity contribution < 1.29 is 0 Å². The van der Waals surface area contributed by atoms with Crippen LogP contribution in [0.1, 0.15) is 102 Å². The molecule has 0 heterocycles. The van der Waals surface area contributed by atoms with Crippen LogP contribution in [-0.2, 0) is 12.8 Å². The molecule has 0 N–H and O–H groups in total. The van der Waals surface area contributed by atoms with Crippen molar-refractivity contribution in [3.05, 3.63) is 89.7 Å². The van der Waals surface area contributed by atoms with Gasteiger partial charge in [0.25, 0.3) is 0 Å². The Bertz CT molecular complexity index is 1460. The zero-order valence-corrected chi connectivity index (χ0v) is 31.5. The van der Waals surface area contributed by atoms with Gasteiger partial charge in [-0.2, -0.15) is 0 Å². The third-order valence-electron chi connectivity index (χ3n) is 8.36. The summed E-state index contributed by atoms with van der Waals surface area (Å²) in [5.74, 6) is 0. The summed E-state index contributed by atoms with van der Waals surface area (Å²) in [7, 11) is 0. The average Bonchev–Trinajstić information content (AvgIpc) is 2.98. The first-order valence-corrected chi connectivity index (χ1v) is 19.1. The normalized spacial score (nSPS) is 11.5. The van der Waals surface area contributed by atoms with Gasteiger partial charge in [0.2, 0.25) is 0 Å². The summed E-state index contributed by atoms with van der Waals surface area (Å²) in [6, 6.07) is 22.5. The molecule has 0 nitrogen and oxygen atoms in total. The largest absolute Gasteiger partial charge is 0.0654 e. The van der Waals surface area contributed by atoms with Crippen LogP contribution >= 0.6 is 63.7 Å². The fourth-order valence-corrected chi connectivity index (χ4v) is 8.19. The fourth-order valence-electron chi connectivity index (χ4n) is 5.90. The van der Waals surface area contributed by atoms with Crippen molar-refractivity contribution in [1.29, 1.82) is 0 Å². The molecule has 0 radical (unpaired) electrons. The van der Waals surface area contributed by atoms with Crippen molar-refractivity contribution in [2.45, 2.75) is 104 Å². The summed E-state index contributed by atoms with van der Waals surface area (Å²) in [6.45, 7) is 4.59. The lowest BCUT2D eigenvalue weighted by Gasteiger charge is -2.17. The summed E-state index contributed by atoms with van der Waals surface area (Å²) in [5, 5.41) is 2.48. The molecule has 0 saturated heterocycles. The summed E-state index contributed by atoms with van der Waals surface area (Å²) in [6.07, 6.45) is 18.4.